The van der Waals surface area contributed by atoms with Gasteiger partial charge in [0.1, 0.15) is 5.75 Å². The average Bonchev–Trinajstić information content (AvgIpc) is 2.97. The van der Waals surface area contributed by atoms with Gasteiger partial charge in [-0.2, -0.15) is 0 Å². The number of hydrogen-bond acceptors (Lipinski definition) is 4. The molecular weight excluding hydrogens is 270 g/mol. The van der Waals surface area contributed by atoms with Gasteiger partial charge in [0.15, 0.2) is 11.3 Å². The van der Waals surface area contributed by atoms with E-state index in [2.05, 4.69) is 4.98 Å². The van der Waals surface area contributed by atoms with Gasteiger partial charge in [0.05, 0.1) is 12.3 Å². The lowest BCUT2D eigenvalue weighted by molar-refractivity contribution is 0.112. The van der Waals surface area contributed by atoms with Gasteiger partial charge in [-0.3, -0.25) is 4.79 Å². The monoisotopic (exact) mass is 283 g/mol. The van der Waals surface area contributed by atoms with E-state index >= 15 is 0 Å². The van der Waals surface area contributed by atoms with E-state index in [4.69, 9.17) is 4.74 Å². The van der Waals surface area contributed by atoms with Crippen LogP contribution in [0, 0.1) is 0 Å². The molecule has 100 valence electrons. The molecule has 1 heterocycles. The molecule has 0 aliphatic rings. The predicted molar refractivity (Wildman–Crippen MR) is 81.6 cm³/mol. The highest BCUT2D eigenvalue weighted by atomic mass is 32.1. The van der Waals surface area contributed by atoms with E-state index < -0.39 is 0 Å². The van der Waals surface area contributed by atoms with Crippen LogP contribution in [0.4, 0.5) is 0 Å². The lowest BCUT2D eigenvalue weighted by Crippen LogP contribution is -1.93. The second kappa shape index (κ2) is 5.43. The topological polar surface area (TPSA) is 39.2 Å². The molecule has 0 saturated carbocycles. The SMILES string of the molecule is CCOc1ccc(-c2csc(C=O)n2)c2ccccc12. The minimum absolute atomic E-state index is 0.498. The molecule has 0 saturated heterocycles. The molecule has 3 rings (SSSR count). The Morgan fingerprint density at radius 2 is 2.00 bits per heavy atom. The summed E-state index contributed by atoms with van der Waals surface area (Å²) in [6.45, 7) is 2.61. The first-order valence-corrected chi connectivity index (χ1v) is 7.27. The van der Waals surface area contributed by atoms with Gasteiger partial charge in [0.2, 0.25) is 0 Å². The van der Waals surface area contributed by atoms with E-state index in [-0.39, 0.29) is 0 Å². The van der Waals surface area contributed by atoms with E-state index in [9.17, 15) is 4.79 Å². The van der Waals surface area contributed by atoms with E-state index in [1.54, 1.807) is 0 Å². The Morgan fingerprint density at radius 3 is 2.70 bits per heavy atom. The molecule has 0 bridgehead atoms. The third-order valence-corrected chi connectivity index (χ3v) is 3.85. The summed E-state index contributed by atoms with van der Waals surface area (Å²) in [5.41, 5.74) is 1.85. The molecule has 0 radical (unpaired) electrons. The van der Waals surface area contributed by atoms with Crippen molar-refractivity contribution in [3.8, 4) is 17.0 Å². The summed E-state index contributed by atoms with van der Waals surface area (Å²) in [6, 6.07) is 12.0. The first-order chi connectivity index (χ1) is 9.83. The van der Waals surface area contributed by atoms with Crippen molar-refractivity contribution < 1.29 is 9.53 Å². The predicted octanol–water partition coefficient (Wildman–Crippen LogP) is 4.17. The van der Waals surface area contributed by atoms with Crippen LogP contribution >= 0.6 is 11.3 Å². The summed E-state index contributed by atoms with van der Waals surface area (Å²) in [6.07, 6.45) is 0.783. The van der Waals surface area contributed by atoms with Crippen molar-refractivity contribution in [1.82, 2.24) is 4.98 Å². The van der Waals surface area contributed by atoms with E-state index in [0.29, 0.717) is 11.6 Å². The van der Waals surface area contributed by atoms with E-state index in [1.165, 1.54) is 11.3 Å². The maximum Gasteiger partial charge on any atom is 0.178 e. The van der Waals surface area contributed by atoms with Crippen molar-refractivity contribution in [3.63, 3.8) is 0 Å². The van der Waals surface area contributed by atoms with Gasteiger partial charge >= 0.3 is 0 Å². The standard InChI is InChI=1S/C16H13NO2S/c1-2-19-15-8-7-12(11-5-3-4-6-13(11)15)14-10-20-16(9-18)17-14/h3-10H,2H2,1H3. The minimum Gasteiger partial charge on any atom is -0.493 e. The molecular formula is C16H13NO2S. The number of benzene rings is 2. The van der Waals surface area contributed by atoms with Crippen LogP contribution in [0.5, 0.6) is 5.75 Å². The number of carbonyl (C=O) groups excluding carboxylic acids is 1. The van der Waals surface area contributed by atoms with Crippen LogP contribution in [0.1, 0.15) is 16.7 Å². The fraction of sp³-hybridized carbons (Fsp3) is 0.125. The Labute approximate surface area is 120 Å². The average molecular weight is 283 g/mol. The highest BCUT2D eigenvalue weighted by Gasteiger charge is 2.10. The number of thiazole rings is 1. The molecule has 1 aromatic heterocycles. The highest BCUT2D eigenvalue weighted by Crippen LogP contribution is 2.34. The van der Waals surface area contributed by atoms with Crippen molar-refractivity contribution in [2.24, 2.45) is 0 Å². The van der Waals surface area contributed by atoms with Gasteiger partial charge in [0.25, 0.3) is 0 Å². The second-order valence-corrected chi connectivity index (χ2v) is 5.17. The molecule has 0 N–H and O–H groups in total. The van der Waals surface area contributed by atoms with Crippen LogP contribution in [0.3, 0.4) is 0 Å². The van der Waals surface area contributed by atoms with Gasteiger partial charge < -0.3 is 4.74 Å². The zero-order chi connectivity index (χ0) is 13.9. The van der Waals surface area contributed by atoms with Crippen molar-refractivity contribution >= 4 is 28.4 Å². The van der Waals surface area contributed by atoms with Crippen LogP contribution in [0.25, 0.3) is 22.0 Å². The van der Waals surface area contributed by atoms with Gasteiger partial charge in [-0.05, 0) is 24.4 Å². The summed E-state index contributed by atoms with van der Waals surface area (Å²) >= 11 is 1.36. The molecule has 2 aromatic carbocycles. The third-order valence-electron chi connectivity index (χ3n) is 3.08. The fourth-order valence-corrected chi connectivity index (χ4v) is 2.86. The maximum absolute atomic E-state index is 10.8. The summed E-state index contributed by atoms with van der Waals surface area (Å²) < 4.78 is 5.66. The summed E-state index contributed by atoms with van der Waals surface area (Å²) in [4.78, 5) is 15.1. The van der Waals surface area contributed by atoms with Crippen LogP contribution < -0.4 is 4.74 Å². The van der Waals surface area contributed by atoms with Gasteiger partial charge in [-0.1, -0.05) is 24.3 Å². The number of ether oxygens (including phenoxy) is 1. The molecule has 0 aliphatic heterocycles. The largest absolute Gasteiger partial charge is 0.493 e. The van der Waals surface area contributed by atoms with Crippen LogP contribution in [-0.2, 0) is 0 Å². The van der Waals surface area contributed by atoms with Gasteiger partial charge in [-0.15, -0.1) is 11.3 Å². The molecule has 3 nitrogen and oxygen atoms in total. The molecule has 0 aliphatic carbocycles. The van der Waals surface area contributed by atoms with E-state index in [1.807, 2.05) is 48.7 Å². The Balaban J connectivity index is 2.21. The second-order valence-electron chi connectivity index (χ2n) is 4.28. The summed E-state index contributed by atoms with van der Waals surface area (Å²) in [7, 11) is 0. The molecule has 3 aromatic rings. The Morgan fingerprint density at radius 1 is 1.20 bits per heavy atom. The lowest BCUT2D eigenvalue weighted by Gasteiger charge is -2.10. The highest BCUT2D eigenvalue weighted by molar-refractivity contribution is 7.11. The first kappa shape index (κ1) is 12.8. The number of rotatable bonds is 4. The molecule has 20 heavy (non-hydrogen) atoms. The number of carbonyl (C=O) groups is 1. The quantitative estimate of drug-likeness (QED) is 0.674. The molecule has 0 amide bonds. The lowest BCUT2D eigenvalue weighted by atomic mass is 10.0. The molecule has 0 atom stereocenters. The van der Waals surface area contributed by atoms with Crippen molar-refractivity contribution in [2.45, 2.75) is 6.92 Å². The Hall–Kier alpha value is -2.20. The van der Waals surface area contributed by atoms with Crippen molar-refractivity contribution in [1.29, 1.82) is 0 Å². The van der Waals surface area contributed by atoms with Gasteiger partial charge in [0, 0.05) is 16.3 Å². The summed E-state index contributed by atoms with van der Waals surface area (Å²) in [5.74, 6) is 0.873. The zero-order valence-corrected chi connectivity index (χ0v) is 11.8. The fourth-order valence-electron chi connectivity index (χ4n) is 2.24. The van der Waals surface area contributed by atoms with Crippen LogP contribution in [0.15, 0.2) is 41.8 Å². The zero-order valence-electron chi connectivity index (χ0n) is 11.0. The number of aldehydes is 1. The maximum atomic E-state index is 10.8. The molecule has 4 heteroatoms. The van der Waals surface area contributed by atoms with Crippen LogP contribution in [-0.4, -0.2) is 17.9 Å². The van der Waals surface area contributed by atoms with Crippen LogP contribution in [0.2, 0.25) is 0 Å². The molecule has 0 unspecified atom stereocenters. The summed E-state index contributed by atoms with van der Waals surface area (Å²) in [5, 5.41) is 4.55. The van der Waals surface area contributed by atoms with E-state index in [0.717, 1.165) is 34.1 Å². The molecule has 0 fully saturated rings. The van der Waals surface area contributed by atoms with Gasteiger partial charge in [-0.25, -0.2) is 4.98 Å². The van der Waals surface area contributed by atoms with Crippen molar-refractivity contribution in [2.75, 3.05) is 6.61 Å². The Bertz CT molecular complexity index is 764. The normalized spacial score (nSPS) is 10.7. The number of aromatic nitrogens is 1. The smallest absolute Gasteiger partial charge is 0.178 e. The number of fused-ring (bicyclic) bond motifs is 1. The molecule has 0 spiro atoms. The Kier molecular flexibility index (Phi) is 3.48. The third kappa shape index (κ3) is 2.18. The first-order valence-electron chi connectivity index (χ1n) is 6.39. The minimum atomic E-state index is 0.498. The number of nitrogens with zero attached hydrogens (tertiary/aromatic N) is 1. The number of hydrogen-bond donors (Lipinski definition) is 0. The van der Waals surface area contributed by atoms with Crippen molar-refractivity contribution in [3.05, 3.63) is 46.8 Å².